The number of fused-ring (bicyclic) bond motifs is 6. The molecule has 0 fully saturated rings. The molecular weight excluding hydrogens is 360 g/mol. The van der Waals surface area contributed by atoms with Gasteiger partial charge in [-0.2, -0.15) is 0 Å². The first-order chi connectivity index (χ1) is 14.7. The summed E-state index contributed by atoms with van der Waals surface area (Å²) >= 11 is 0. The summed E-state index contributed by atoms with van der Waals surface area (Å²) < 4.78 is 0. The highest BCUT2D eigenvalue weighted by Gasteiger charge is 2.23. The Balaban J connectivity index is 1.34. The standard InChI is InChI=1S/C30H26/c1-19-10-13-26-23(16-19)18-30-24(20(2)11-14-28(26)30)15-12-21-7-5-9-27-25-8-4-3-6-22(25)17-29(21)27/h3-11,13-14,16H,12,15,17-18H2,1-2H3. The van der Waals surface area contributed by atoms with Crippen molar-refractivity contribution < 1.29 is 0 Å². The molecule has 0 spiro atoms. The lowest BCUT2D eigenvalue weighted by atomic mass is 9.90. The van der Waals surface area contributed by atoms with E-state index in [4.69, 9.17) is 0 Å². The van der Waals surface area contributed by atoms with Gasteiger partial charge >= 0.3 is 0 Å². The molecular formula is C30H26. The fourth-order valence-corrected chi connectivity index (χ4v) is 5.65. The molecule has 0 saturated heterocycles. The van der Waals surface area contributed by atoms with Gasteiger partial charge in [-0.15, -0.1) is 0 Å². The Bertz CT molecular complexity index is 1310. The molecule has 2 aliphatic rings. The lowest BCUT2D eigenvalue weighted by Gasteiger charge is -2.14. The van der Waals surface area contributed by atoms with E-state index in [2.05, 4.69) is 86.6 Å². The predicted molar refractivity (Wildman–Crippen MR) is 126 cm³/mol. The minimum absolute atomic E-state index is 1.08. The Labute approximate surface area is 179 Å². The van der Waals surface area contributed by atoms with Crippen LogP contribution in [0.25, 0.3) is 22.3 Å². The summed E-state index contributed by atoms with van der Waals surface area (Å²) in [5.74, 6) is 0. The molecule has 0 heteroatoms. The van der Waals surface area contributed by atoms with Crippen molar-refractivity contribution in [2.24, 2.45) is 0 Å². The van der Waals surface area contributed by atoms with Crippen molar-refractivity contribution in [1.29, 1.82) is 0 Å². The van der Waals surface area contributed by atoms with E-state index in [1.54, 1.807) is 16.7 Å². The maximum absolute atomic E-state index is 2.37. The van der Waals surface area contributed by atoms with Crippen molar-refractivity contribution in [2.75, 3.05) is 0 Å². The molecule has 30 heavy (non-hydrogen) atoms. The highest BCUT2D eigenvalue weighted by molar-refractivity contribution is 5.79. The molecule has 0 N–H and O–H groups in total. The molecule has 0 saturated carbocycles. The third-order valence-electron chi connectivity index (χ3n) is 7.18. The summed E-state index contributed by atoms with van der Waals surface area (Å²) in [5.41, 5.74) is 17.7. The molecule has 2 aliphatic carbocycles. The van der Waals surface area contributed by atoms with Crippen LogP contribution in [0.3, 0.4) is 0 Å². The molecule has 0 aliphatic heterocycles. The average Bonchev–Trinajstić information content (AvgIpc) is 3.31. The Morgan fingerprint density at radius 2 is 1.33 bits per heavy atom. The van der Waals surface area contributed by atoms with Gasteiger partial charge in [0.25, 0.3) is 0 Å². The molecule has 4 aromatic carbocycles. The van der Waals surface area contributed by atoms with Crippen molar-refractivity contribution in [3.8, 4) is 22.3 Å². The van der Waals surface area contributed by atoms with Crippen molar-refractivity contribution in [3.05, 3.63) is 117 Å². The molecule has 0 bridgehead atoms. The average molecular weight is 387 g/mol. The maximum atomic E-state index is 2.37. The Morgan fingerprint density at radius 1 is 0.600 bits per heavy atom. The largest absolute Gasteiger partial charge is 0.0619 e. The normalized spacial score (nSPS) is 13.0. The molecule has 0 radical (unpaired) electrons. The van der Waals surface area contributed by atoms with Crippen LogP contribution in [-0.2, 0) is 25.7 Å². The Morgan fingerprint density at radius 3 is 2.27 bits per heavy atom. The van der Waals surface area contributed by atoms with E-state index in [1.165, 1.54) is 50.1 Å². The summed E-state index contributed by atoms with van der Waals surface area (Å²) in [6.07, 6.45) is 4.40. The van der Waals surface area contributed by atoms with Crippen LogP contribution < -0.4 is 0 Å². The van der Waals surface area contributed by atoms with Crippen LogP contribution >= 0.6 is 0 Å². The topological polar surface area (TPSA) is 0 Å². The van der Waals surface area contributed by atoms with Gasteiger partial charge in [0.15, 0.2) is 0 Å². The van der Waals surface area contributed by atoms with Gasteiger partial charge in [-0.25, -0.2) is 0 Å². The first-order valence-corrected chi connectivity index (χ1v) is 11.1. The van der Waals surface area contributed by atoms with E-state index in [0.29, 0.717) is 0 Å². The first-order valence-electron chi connectivity index (χ1n) is 11.1. The third kappa shape index (κ3) is 2.67. The Kier molecular flexibility index (Phi) is 3.96. The summed E-state index contributed by atoms with van der Waals surface area (Å²) in [6.45, 7) is 4.48. The third-order valence-corrected chi connectivity index (χ3v) is 7.18. The van der Waals surface area contributed by atoms with Crippen LogP contribution in [0.1, 0.15) is 44.5 Å². The summed E-state index contributed by atoms with van der Waals surface area (Å²) in [7, 11) is 0. The number of benzene rings is 4. The Hall–Kier alpha value is -3.12. The minimum atomic E-state index is 1.08. The van der Waals surface area contributed by atoms with Gasteiger partial charge in [-0.1, -0.05) is 78.4 Å². The van der Waals surface area contributed by atoms with E-state index in [-0.39, 0.29) is 0 Å². The quantitative estimate of drug-likeness (QED) is 0.301. The molecule has 0 unspecified atom stereocenters. The summed E-state index contributed by atoms with van der Waals surface area (Å²) in [5, 5.41) is 0. The monoisotopic (exact) mass is 386 g/mol. The highest BCUT2D eigenvalue weighted by Crippen LogP contribution is 2.41. The van der Waals surface area contributed by atoms with Gasteiger partial charge in [-0.3, -0.25) is 0 Å². The van der Waals surface area contributed by atoms with E-state index in [9.17, 15) is 0 Å². The zero-order valence-corrected chi connectivity index (χ0v) is 17.8. The van der Waals surface area contributed by atoms with Crippen LogP contribution in [0.2, 0.25) is 0 Å². The molecule has 146 valence electrons. The van der Waals surface area contributed by atoms with Gasteiger partial charge in [0, 0.05) is 0 Å². The van der Waals surface area contributed by atoms with E-state index >= 15 is 0 Å². The van der Waals surface area contributed by atoms with Crippen LogP contribution in [0.4, 0.5) is 0 Å². The van der Waals surface area contributed by atoms with Crippen molar-refractivity contribution in [2.45, 2.75) is 39.5 Å². The van der Waals surface area contributed by atoms with Gasteiger partial charge in [0.05, 0.1) is 0 Å². The fraction of sp³-hybridized carbons (Fsp3) is 0.200. The lowest BCUT2D eigenvalue weighted by molar-refractivity contribution is 0.919. The van der Waals surface area contributed by atoms with Gasteiger partial charge in [0.2, 0.25) is 0 Å². The van der Waals surface area contributed by atoms with Crippen molar-refractivity contribution in [1.82, 2.24) is 0 Å². The zero-order valence-electron chi connectivity index (χ0n) is 17.8. The van der Waals surface area contributed by atoms with E-state index in [0.717, 1.165) is 25.7 Å². The molecule has 0 heterocycles. The van der Waals surface area contributed by atoms with Gasteiger partial charge in [-0.05, 0) is 101 Å². The van der Waals surface area contributed by atoms with Gasteiger partial charge in [0.1, 0.15) is 0 Å². The molecule has 0 nitrogen and oxygen atoms in total. The van der Waals surface area contributed by atoms with E-state index < -0.39 is 0 Å². The second-order valence-corrected chi connectivity index (χ2v) is 9.00. The molecule has 0 amide bonds. The van der Waals surface area contributed by atoms with Gasteiger partial charge < -0.3 is 0 Å². The SMILES string of the molecule is Cc1ccc2c(c1)Cc1c-2ccc(C)c1CCc1cccc2c1Cc1ccccc1-2. The molecule has 4 aromatic rings. The fourth-order valence-electron chi connectivity index (χ4n) is 5.65. The number of hydrogen-bond donors (Lipinski definition) is 0. The second-order valence-electron chi connectivity index (χ2n) is 9.00. The zero-order chi connectivity index (χ0) is 20.2. The van der Waals surface area contributed by atoms with Crippen LogP contribution in [0.5, 0.6) is 0 Å². The highest BCUT2D eigenvalue weighted by atomic mass is 14.3. The number of rotatable bonds is 3. The molecule has 0 atom stereocenters. The minimum Gasteiger partial charge on any atom is -0.0619 e. The second kappa shape index (κ2) is 6.71. The van der Waals surface area contributed by atoms with Crippen LogP contribution in [-0.4, -0.2) is 0 Å². The first kappa shape index (κ1) is 17.7. The summed E-state index contributed by atoms with van der Waals surface area (Å²) in [6, 6.07) is 27.4. The predicted octanol–water partition coefficient (Wildman–Crippen LogP) is 7.23. The molecule has 0 aromatic heterocycles. The summed E-state index contributed by atoms with van der Waals surface area (Å²) in [4.78, 5) is 0. The maximum Gasteiger partial charge on any atom is -0.00105 e. The van der Waals surface area contributed by atoms with Crippen LogP contribution in [0, 0.1) is 13.8 Å². The van der Waals surface area contributed by atoms with Crippen LogP contribution in [0.15, 0.2) is 72.8 Å². The van der Waals surface area contributed by atoms with Crippen molar-refractivity contribution >= 4 is 0 Å². The van der Waals surface area contributed by atoms with Crippen molar-refractivity contribution in [3.63, 3.8) is 0 Å². The number of hydrogen-bond acceptors (Lipinski definition) is 0. The van der Waals surface area contributed by atoms with E-state index in [1.807, 2.05) is 0 Å². The smallest absolute Gasteiger partial charge is 0.00105 e. The molecule has 6 rings (SSSR count). The lowest BCUT2D eigenvalue weighted by Crippen LogP contribution is -2.02. The number of aryl methyl sites for hydroxylation is 3.